The molecule has 0 atom stereocenters. The number of hydrogen-bond acceptors (Lipinski definition) is 7. The summed E-state index contributed by atoms with van der Waals surface area (Å²) in [6.45, 7) is 3.26. The standard InChI is InChI=1S/C28H29N5O5/c34-27-20-32(29-18-25-9-10-26(38-25)23-7-4-8-24(17-23)33(36)37)28(35)31(27)16-13-21-11-14-30(15-12-21)19-22-5-2-1-3-6-22/h1-10,17-18,21H,11-16,19-20H2/b29-18+. The predicted molar refractivity (Wildman–Crippen MR) is 141 cm³/mol. The van der Waals surface area contributed by atoms with E-state index in [1.807, 2.05) is 6.07 Å². The molecule has 10 nitrogen and oxygen atoms in total. The van der Waals surface area contributed by atoms with Crippen molar-refractivity contribution in [2.75, 3.05) is 26.2 Å². The van der Waals surface area contributed by atoms with Crippen molar-refractivity contribution in [3.63, 3.8) is 0 Å². The smallest absolute Gasteiger partial charge is 0.347 e. The van der Waals surface area contributed by atoms with Crippen molar-refractivity contribution in [2.45, 2.75) is 25.8 Å². The van der Waals surface area contributed by atoms with E-state index in [1.165, 1.54) is 28.8 Å². The number of piperidine rings is 1. The number of likely N-dealkylation sites (tertiary alicyclic amines) is 1. The number of urea groups is 1. The second kappa shape index (κ2) is 11.4. The molecule has 0 N–H and O–H groups in total. The second-order valence-corrected chi connectivity index (χ2v) is 9.63. The number of imide groups is 1. The van der Waals surface area contributed by atoms with Gasteiger partial charge in [-0.05, 0) is 56.0 Å². The number of nitrogens with zero attached hydrogens (tertiary/aromatic N) is 5. The number of nitro benzene ring substituents is 1. The highest BCUT2D eigenvalue weighted by Gasteiger charge is 2.36. The molecule has 38 heavy (non-hydrogen) atoms. The summed E-state index contributed by atoms with van der Waals surface area (Å²) >= 11 is 0. The molecule has 2 fully saturated rings. The Morgan fingerprint density at radius 3 is 2.58 bits per heavy atom. The average molecular weight is 516 g/mol. The highest BCUT2D eigenvalue weighted by atomic mass is 16.6. The number of non-ortho nitro benzene ring substituents is 1. The third-order valence-electron chi connectivity index (χ3n) is 7.05. The van der Waals surface area contributed by atoms with Gasteiger partial charge in [0.05, 0.1) is 11.1 Å². The van der Waals surface area contributed by atoms with Gasteiger partial charge in [0.2, 0.25) is 0 Å². The highest BCUT2D eigenvalue weighted by molar-refractivity contribution is 6.02. The Labute approximate surface area is 220 Å². The summed E-state index contributed by atoms with van der Waals surface area (Å²) in [5, 5.41) is 16.3. The van der Waals surface area contributed by atoms with Gasteiger partial charge in [0.1, 0.15) is 18.1 Å². The molecule has 2 aliphatic heterocycles. The molecule has 0 radical (unpaired) electrons. The molecular weight excluding hydrogens is 486 g/mol. The Morgan fingerprint density at radius 1 is 1.03 bits per heavy atom. The summed E-state index contributed by atoms with van der Waals surface area (Å²) < 4.78 is 5.71. The summed E-state index contributed by atoms with van der Waals surface area (Å²) in [5.74, 6) is 1.03. The number of hydrazone groups is 1. The van der Waals surface area contributed by atoms with Gasteiger partial charge in [0.15, 0.2) is 0 Å². The molecule has 196 valence electrons. The molecule has 0 bridgehead atoms. The Hall–Kier alpha value is -4.31. The van der Waals surface area contributed by atoms with Crippen LogP contribution in [-0.2, 0) is 11.3 Å². The molecule has 3 heterocycles. The lowest BCUT2D eigenvalue weighted by Crippen LogP contribution is -2.36. The van der Waals surface area contributed by atoms with E-state index in [0.717, 1.165) is 43.9 Å². The van der Waals surface area contributed by atoms with Gasteiger partial charge in [-0.2, -0.15) is 5.10 Å². The Morgan fingerprint density at radius 2 is 1.82 bits per heavy atom. The highest BCUT2D eigenvalue weighted by Crippen LogP contribution is 2.26. The lowest BCUT2D eigenvalue weighted by Gasteiger charge is -2.32. The number of rotatable bonds is 9. The van der Waals surface area contributed by atoms with Gasteiger partial charge in [-0.25, -0.2) is 9.80 Å². The van der Waals surface area contributed by atoms with Crippen LogP contribution in [0.25, 0.3) is 11.3 Å². The Balaban J connectivity index is 1.11. The van der Waals surface area contributed by atoms with Crippen molar-refractivity contribution in [2.24, 2.45) is 11.0 Å². The molecule has 5 rings (SSSR count). The van der Waals surface area contributed by atoms with Crippen LogP contribution in [0.4, 0.5) is 10.5 Å². The van der Waals surface area contributed by atoms with Crippen LogP contribution in [0.5, 0.6) is 0 Å². The molecule has 2 aromatic carbocycles. The third-order valence-corrected chi connectivity index (χ3v) is 7.05. The fourth-order valence-corrected chi connectivity index (χ4v) is 4.90. The first-order valence-corrected chi connectivity index (χ1v) is 12.7. The van der Waals surface area contributed by atoms with Gasteiger partial charge >= 0.3 is 6.03 Å². The second-order valence-electron chi connectivity index (χ2n) is 9.63. The van der Waals surface area contributed by atoms with Gasteiger partial charge in [-0.3, -0.25) is 24.7 Å². The van der Waals surface area contributed by atoms with Crippen LogP contribution in [-0.4, -0.2) is 64.1 Å². The molecule has 0 saturated carbocycles. The first kappa shape index (κ1) is 25.3. The van der Waals surface area contributed by atoms with E-state index in [1.54, 1.807) is 24.3 Å². The van der Waals surface area contributed by atoms with Gasteiger partial charge < -0.3 is 4.42 Å². The SMILES string of the molecule is O=C1CN(/N=C/c2ccc(-c3cccc([N+](=O)[O-])c3)o2)C(=O)N1CCC1CCN(Cc2ccccc2)CC1. The normalized spacial score (nSPS) is 17.2. The molecule has 0 unspecified atom stereocenters. The topological polar surface area (TPSA) is 112 Å². The van der Waals surface area contributed by atoms with Crippen LogP contribution in [0.2, 0.25) is 0 Å². The molecule has 2 aliphatic rings. The first-order valence-electron chi connectivity index (χ1n) is 12.7. The minimum absolute atomic E-state index is 0.0341. The van der Waals surface area contributed by atoms with Gasteiger partial charge in [0.25, 0.3) is 11.6 Å². The van der Waals surface area contributed by atoms with E-state index in [9.17, 15) is 19.7 Å². The molecule has 3 amide bonds. The van der Waals surface area contributed by atoms with E-state index < -0.39 is 11.0 Å². The molecule has 10 heteroatoms. The fraction of sp³-hybridized carbons (Fsp3) is 0.321. The zero-order chi connectivity index (χ0) is 26.5. The van der Waals surface area contributed by atoms with E-state index in [4.69, 9.17) is 4.42 Å². The molecule has 0 spiro atoms. The van der Waals surface area contributed by atoms with E-state index in [-0.39, 0.29) is 18.1 Å². The quantitative estimate of drug-likeness (QED) is 0.176. The van der Waals surface area contributed by atoms with Crippen molar-refractivity contribution < 1.29 is 18.9 Å². The van der Waals surface area contributed by atoms with Gasteiger partial charge in [0, 0.05) is 30.8 Å². The summed E-state index contributed by atoms with van der Waals surface area (Å²) in [5.41, 5.74) is 1.84. The Bertz CT molecular complexity index is 1330. The fourth-order valence-electron chi connectivity index (χ4n) is 4.90. The first-order chi connectivity index (χ1) is 18.5. The third kappa shape index (κ3) is 5.97. The maximum Gasteiger partial charge on any atom is 0.347 e. The number of hydrogen-bond donors (Lipinski definition) is 0. The van der Waals surface area contributed by atoms with Crippen LogP contribution in [0, 0.1) is 16.0 Å². The number of nitro groups is 1. The van der Waals surface area contributed by atoms with E-state index in [0.29, 0.717) is 29.5 Å². The Kier molecular flexibility index (Phi) is 7.60. The summed E-state index contributed by atoms with van der Waals surface area (Å²) in [6, 6.07) is 19.5. The lowest BCUT2D eigenvalue weighted by atomic mass is 9.93. The van der Waals surface area contributed by atoms with Crippen LogP contribution >= 0.6 is 0 Å². The summed E-state index contributed by atoms with van der Waals surface area (Å²) in [6.07, 6.45) is 4.27. The number of amides is 3. The zero-order valence-corrected chi connectivity index (χ0v) is 20.9. The van der Waals surface area contributed by atoms with Crippen molar-refractivity contribution in [3.8, 4) is 11.3 Å². The van der Waals surface area contributed by atoms with Crippen LogP contribution < -0.4 is 0 Å². The van der Waals surface area contributed by atoms with Gasteiger partial charge in [-0.15, -0.1) is 0 Å². The minimum atomic E-state index is -0.467. The van der Waals surface area contributed by atoms with Crippen molar-refractivity contribution in [3.05, 3.63) is 88.2 Å². The molecule has 2 saturated heterocycles. The summed E-state index contributed by atoms with van der Waals surface area (Å²) in [7, 11) is 0. The molecule has 0 aliphatic carbocycles. The van der Waals surface area contributed by atoms with E-state index in [2.05, 4.69) is 34.3 Å². The van der Waals surface area contributed by atoms with Crippen molar-refractivity contribution >= 4 is 23.8 Å². The van der Waals surface area contributed by atoms with Crippen molar-refractivity contribution in [1.29, 1.82) is 0 Å². The lowest BCUT2D eigenvalue weighted by molar-refractivity contribution is -0.384. The van der Waals surface area contributed by atoms with Crippen LogP contribution in [0.1, 0.15) is 30.6 Å². The number of furan rings is 1. The maximum absolute atomic E-state index is 12.8. The van der Waals surface area contributed by atoms with E-state index >= 15 is 0 Å². The monoisotopic (exact) mass is 515 g/mol. The summed E-state index contributed by atoms with van der Waals surface area (Å²) in [4.78, 5) is 39.6. The van der Waals surface area contributed by atoms with Gasteiger partial charge in [-0.1, -0.05) is 42.5 Å². The number of carbonyl (C=O) groups is 2. The number of carbonyl (C=O) groups excluding carboxylic acids is 2. The minimum Gasteiger partial charge on any atom is -0.455 e. The van der Waals surface area contributed by atoms with Crippen LogP contribution in [0.15, 0.2) is 76.2 Å². The number of benzene rings is 2. The largest absolute Gasteiger partial charge is 0.455 e. The zero-order valence-electron chi connectivity index (χ0n) is 20.9. The average Bonchev–Trinajstić information content (AvgIpc) is 3.51. The van der Waals surface area contributed by atoms with Crippen molar-refractivity contribution in [1.82, 2.24) is 14.8 Å². The molecular formula is C28H29N5O5. The maximum atomic E-state index is 12.8. The molecule has 1 aromatic heterocycles. The van der Waals surface area contributed by atoms with Crippen LogP contribution in [0.3, 0.4) is 0 Å². The molecule has 3 aromatic rings. The predicted octanol–water partition coefficient (Wildman–Crippen LogP) is 4.76.